The van der Waals surface area contributed by atoms with Crippen LogP contribution in [0.25, 0.3) is 0 Å². The first-order chi connectivity index (χ1) is 12.5. The molecule has 0 aromatic heterocycles. The van der Waals surface area contributed by atoms with Gasteiger partial charge in [-0.3, -0.25) is 0 Å². The number of hydrogen-bond donors (Lipinski definition) is 0. The van der Waals surface area contributed by atoms with Crippen LogP contribution in [0.1, 0.15) is 71.1 Å². The normalized spacial score (nSPS) is 12.5. The number of hydrogen-bond acceptors (Lipinski definition) is 6. The second kappa shape index (κ2) is 21.2. The molecule has 1 unspecified atom stereocenters. The molecule has 0 fully saturated rings. The van der Waals surface area contributed by atoms with E-state index in [4.69, 9.17) is 14.2 Å². The van der Waals surface area contributed by atoms with Gasteiger partial charge in [-0.1, -0.05) is 70.8 Å². The van der Waals surface area contributed by atoms with Crippen molar-refractivity contribution < 1.29 is 56.7 Å². The molecule has 0 N–H and O–H groups in total. The summed E-state index contributed by atoms with van der Waals surface area (Å²) in [5.41, 5.74) is 0. The molecule has 0 aromatic carbocycles. The summed E-state index contributed by atoms with van der Waals surface area (Å²) in [7, 11) is -4.38. The molecular formula is C19H37NaO6S. The Labute approximate surface area is 188 Å². The van der Waals surface area contributed by atoms with Crippen molar-refractivity contribution in [3.05, 3.63) is 12.7 Å². The predicted octanol–water partition coefficient (Wildman–Crippen LogP) is 1.02. The molecule has 156 valence electrons. The van der Waals surface area contributed by atoms with E-state index in [2.05, 4.69) is 13.5 Å². The molecule has 0 radical (unpaired) electrons. The van der Waals surface area contributed by atoms with Crippen molar-refractivity contribution in [2.45, 2.75) is 77.2 Å². The minimum atomic E-state index is -4.38. The van der Waals surface area contributed by atoms with Gasteiger partial charge in [-0.15, -0.1) is 6.58 Å². The van der Waals surface area contributed by atoms with Gasteiger partial charge in [0.05, 0.1) is 19.8 Å². The second-order valence-electron chi connectivity index (χ2n) is 6.55. The van der Waals surface area contributed by atoms with Crippen LogP contribution in [0.5, 0.6) is 0 Å². The van der Waals surface area contributed by atoms with E-state index in [0.29, 0.717) is 19.8 Å². The second-order valence-corrected chi connectivity index (χ2v) is 7.90. The molecule has 8 heteroatoms. The number of ether oxygens (including phenoxy) is 3. The van der Waals surface area contributed by atoms with Crippen LogP contribution in [-0.4, -0.2) is 51.4 Å². The third-order valence-electron chi connectivity index (χ3n) is 3.93. The van der Waals surface area contributed by atoms with E-state index in [9.17, 15) is 13.0 Å². The summed E-state index contributed by atoms with van der Waals surface area (Å²) in [6.07, 6.45) is 13.9. The molecule has 1 atom stereocenters. The van der Waals surface area contributed by atoms with Crippen molar-refractivity contribution in [3.63, 3.8) is 0 Å². The van der Waals surface area contributed by atoms with Crippen molar-refractivity contribution in [1.82, 2.24) is 0 Å². The zero-order chi connectivity index (χ0) is 19.5. The molecule has 0 spiro atoms. The monoisotopic (exact) mass is 416 g/mol. The predicted molar refractivity (Wildman–Crippen MR) is 103 cm³/mol. The van der Waals surface area contributed by atoms with Crippen LogP contribution in [-0.2, 0) is 24.3 Å². The molecule has 0 amide bonds. The minimum absolute atomic E-state index is 0. The van der Waals surface area contributed by atoms with Gasteiger partial charge in [-0.05, 0) is 6.42 Å². The smallest absolute Gasteiger partial charge is 0.746 e. The maximum atomic E-state index is 10.5. The van der Waals surface area contributed by atoms with Gasteiger partial charge in [0, 0.05) is 6.61 Å². The van der Waals surface area contributed by atoms with E-state index >= 15 is 0 Å². The molecule has 0 saturated heterocycles. The van der Waals surface area contributed by atoms with Crippen molar-refractivity contribution in [1.29, 1.82) is 0 Å². The summed E-state index contributed by atoms with van der Waals surface area (Å²) in [6.45, 7) is 7.08. The van der Waals surface area contributed by atoms with Crippen LogP contribution in [0, 0.1) is 0 Å². The fourth-order valence-corrected chi connectivity index (χ4v) is 2.84. The molecule has 0 rings (SSSR count). The Morgan fingerprint density at radius 1 is 0.926 bits per heavy atom. The van der Waals surface area contributed by atoms with E-state index in [1.165, 1.54) is 51.4 Å². The summed E-state index contributed by atoms with van der Waals surface area (Å²) in [6, 6.07) is 0. The molecule has 0 aliphatic rings. The Morgan fingerprint density at radius 2 is 1.44 bits per heavy atom. The zero-order valence-corrected chi connectivity index (χ0v) is 20.1. The molecule has 27 heavy (non-hydrogen) atoms. The van der Waals surface area contributed by atoms with Crippen LogP contribution in [0.2, 0.25) is 0 Å². The van der Waals surface area contributed by atoms with Crippen molar-refractivity contribution in [2.75, 3.05) is 32.4 Å². The third kappa shape index (κ3) is 24.5. The van der Waals surface area contributed by atoms with Crippen molar-refractivity contribution in [3.8, 4) is 0 Å². The third-order valence-corrected chi connectivity index (χ3v) is 4.38. The van der Waals surface area contributed by atoms with E-state index in [1.807, 2.05) is 0 Å². The fraction of sp³-hybridized carbons (Fsp3) is 0.895. The summed E-state index contributed by atoms with van der Waals surface area (Å²) >= 11 is 0. The molecule has 0 bridgehead atoms. The van der Waals surface area contributed by atoms with Gasteiger partial charge in [0.1, 0.15) is 22.2 Å². The zero-order valence-electron chi connectivity index (χ0n) is 17.3. The Hall–Kier alpha value is 0.530. The standard InChI is InChI=1S/C19H38O6S.Na/c1-3-5-6-7-8-9-10-11-12-13-15-23-16-19(25-14-4-2)17-24-18-26(20,21)22;/h4,19H,2-3,5-18H2,1H3,(H,20,21,22);/q;+1/p-1. The molecule has 6 nitrogen and oxygen atoms in total. The van der Waals surface area contributed by atoms with E-state index < -0.39 is 22.2 Å². The average molecular weight is 417 g/mol. The molecule has 0 aliphatic heterocycles. The van der Waals surface area contributed by atoms with E-state index in [0.717, 1.165) is 12.8 Å². The van der Waals surface area contributed by atoms with Crippen LogP contribution in [0.15, 0.2) is 12.7 Å². The number of rotatable bonds is 20. The van der Waals surface area contributed by atoms with Crippen LogP contribution in [0.4, 0.5) is 0 Å². The first kappa shape index (κ1) is 29.7. The van der Waals surface area contributed by atoms with E-state index in [1.54, 1.807) is 6.08 Å². The summed E-state index contributed by atoms with van der Waals surface area (Å²) in [4.78, 5) is 0. The Bertz CT molecular complexity index is 416. The van der Waals surface area contributed by atoms with Crippen LogP contribution in [0.3, 0.4) is 0 Å². The van der Waals surface area contributed by atoms with Gasteiger partial charge in [0.25, 0.3) is 0 Å². The minimum Gasteiger partial charge on any atom is -0.746 e. The number of unbranched alkanes of at least 4 members (excludes halogenated alkanes) is 9. The van der Waals surface area contributed by atoms with Gasteiger partial charge < -0.3 is 18.8 Å². The van der Waals surface area contributed by atoms with Crippen LogP contribution < -0.4 is 29.6 Å². The van der Waals surface area contributed by atoms with Crippen molar-refractivity contribution in [2.24, 2.45) is 0 Å². The quantitative estimate of drug-likeness (QED) is 0.127. The topological polar surface area (TPSA) is 84.9 Å². The SMILES string of the molecule is C=CCOC(COCCCCCCCCCCCC)COCS(=O)(=O)[O-].[Na+]. The first-order valence-corrected chi connectivity index (χ1v) is 11.4. The fourth-order valence-electron chi connectivity index (χ4n) is 2.54. The molecule has 0 saturated carbocycles. The molecule has 0 heterocycles. The Morgan fingerprint density at radius 3 is 1.96 bits per heavy atom. The van der Waals surface area contributed by atoms with Gasteiger partial charge in [-0.2, -0.15) is 0 Å². The maximum Gasteiger partial charge on any atom is 1.00 e. The van der Waals surface area contributed by atoms with Gasteiger partial charge in [0.15, 0.2) is 0 Å². The largest absolute Gasteiger partial charge is 1.00 e. The first-order valence-electron chi connectivity index (χ1n) is 9.81. The Kier molecular flexibility index (Phi) is 23.4. The van der Waals surface area contributed by atoms with E-state index in [-0.39, 0.29) is 36.2 Å². The van der Waals surface area contributed by atoms with Crippen molar-refractivity contribution >= 4 is 10.1 Å². The van der Waals surface area contributed by atoms with Gasteiger partial charge >= 0.3 is 29.6 Å². The average Bonchev–Trinajstić information content (AvgIpc) is 2.59. The molecular weight excluding hydrogens is 379 g/mol. The maximum absolute atomic E-state index is 10.5. The Balaban J connectivity index is 0. The molecule has 0 aliphatic carbocycles. The van der Waals surface area contributed by atoms with Gasteiger partial charge in [-0.25, -0.2) is 8.42 Å². The van der Waals surface area contributed by atoms with Crippen LogP contribution >= 0.6 is 0 Å². The van der Waals surface area contributed by atoms with Gasteiger partial charge in [0.2, 0.25) is 0 Å². The summed E-state index contributed by atoms with van der Waals surface area (Å²) < 4.78 is 47.5. The molecule has 0 aromatic rings. The summed E-state index contributed by atoms with van der Waals surface area (Å²) in [5.74, 6) is -0.848. The summed E-state index contributed by atoms with van der Waals surface area (Å²) in [5, 5.41) is 0.